The first-order valence-electron chi connectivity index (χ1n) is 6.98. The van der Waals surface area contributed by atoms with Crippen LogP contribution in [-0.2, 0) is 9.59 Å². The van der Waals surface area contributed by atoms with E-state index in [2.05, 4.69) is 10.3 Å². The van der Waals surface area contributed by atoms with Crippen LogP contribution in [0.25, 0.3) is 0 Å². The number of thiazole rings is 1. The van der Waals surface area contributed by atoms with Gasteiger partial charge in [0.25, 0.3) is 0 Å². The van der Waals surface area contributed by atoms with E-state index in [1.807, 2.05) is 19.2 Å². The molecular formula is C14H20N2O3S. The van der Waals surface area contributed by atoms with Gasteiger partial charge >= 0.3 is 5.97 Å². The molecule has 1 aliphatic carbocycles. The summed E-state index contributed by atoms with van der Waals surface area (Å²) in [7, 11) is 0. The third-order valence-corrected chi connectivity index (χ3v) is 4.54. The highest BCUT2D eigenvalue weighted by Gasteiger charge is 2.35. The lowest BCUT2D eigenvalue weighted by atomic mass is 9.79. The molecule has 2 rings (SSSR count). The molecular weight excluding hydrogens is 276 g/mol. The Morgan fingerprint density at radius 1 is 1.35 bits per heavy atom. The second kappa shape index (κ2) is 6.35. The number of nitrogens with zero attached hydrogens (tertiary/aromatic N) is 1. The minimum atomic E-state index is -0.869. The number of amides is 1. The summed E-state index contributed by atoms with van der Waals surface area (Å²) < 4.78 is 0. The van der Waals surface area contributed by atoms with Crippen LogP contribution in [0.2, 0.25) is 0 Å². The first-order chi connectivity index (χ1) is 9.49. The van der Waals surface area contributed by atoms with Crippen LogP contribution in [0.5, 0.6) is 0 Å². The molecule has 5 nitrogen and oxygen atoms in total. The van der Waals surface area contributed by atoms with Crippen LogP contribution in [0.3, 0.4) is 0 Å². The molecule has 1 aromatic rings. The van der Waals surface area contributed by atoms with Crippen LogP contribution >= 0.6 is 11.3 Å². The molecule has 2 atom stereocenters. The maximum atomic E-state index is 12.3. The molecule has 1 saturated carbocycles. The minimum absolute atomic E-state index is 0.207. The van der Waals surface area contributed by atoms with Crippen LogP contribution in [0.15, 0.2) is 5.38 Å². The van der Waals surface area contributed by atoms with Gasteiger partial charge in [0.1, 0.15) is 0 Å². The standard InChI is InChI=1S/C14H20N2O3S/c1-8(2)11-7-20-14(15-11)16-12(17)9-5-3-4-6-10(9)13(18)19/h7-10H,3-6H2,1-2H3,(H,18,19)(H,15,16,17)/t9-,10+/m1/s1. The molecule has 0 aliphatic heterocycles. The number of carbonyl (C=O) groups excluding carboxylic acids is 1. The monoisotopic (exact) mass is 296 g/mol. The molecule has 20 heavy (non-hydrogen) atoms. The summed E-state index contributed by atoms with van der Waals surface area (Å²) in [5, 5.41) is 14.5. The summed E-state index contributed by atoms with van der Waals surface area (Å²) in [5.74, 6) is -1.76. The number of carboxylic acid groups (broad SMARTS) is 1. The first kappa shape index (κ1) is 15.0. The predicted molar refractivity (Wildman–Crippen MR) is 77.9 cm³/mol. The summed E-state index contributed by atoms with van der Waals surface area (Å²) in [6.45, 7) is 4.09. The highest BCUT2D eigenvalue weighted by Crippen LogP contribution is 2.32. The highest BCUT2D eigenvalue weighted by molar-refractivity contribution is 7.13. The van der Waals surface area contributed by atoms with E-state index in [0.717, 1.165) is 18.5 Å². The van der Waals surface area contributed by atoms with Gasteiger partial charge in [-0.15, -0.1) is 11.3 Å². The third kappa shape index (κ3) is 3.36. The molecule has 1 fully saturated rings. The van der Waals surface area contributed by atoms with Gasteiger partial charge in [0.2, 0.25) is 5.91 Å². The topological polar surface area (TPSA) is 79.3 Å². The van der Waals surface area contributed by atoms with Crippen LogP contribution in [-0.4, -0.2) is 22.0 Å². The van der Waals surface area contributed by atoms with Crippen molar-refractivity contribution in [3.05, 3.63) is 11.1 Å². The van der Waals surface area contributed by atoms with Gasteiger partial charge in [-0.05, 0) is 18.8 Å². The van der Waals surface area contributed by atoms with Crippen molar-refractivity contribution in [3.63, 3.8) is 0 Å². The van der Waals surface area contributed by atoms with E-state index in [0.29, 0.717) is 23.9 Å². The highest BCUT2D eigenvalue weighted by atomic mass is 32.1. The number of nitrogens with one attached hydrogen (secondary N) is 1. The average molecular weight is 296 g/mol. The molecule has 6 heteroatoms. The molecule has 110 valence electrons. The van der Waals surface area contributed by atoms with Gasteiger partial charge in [0.05, 0.1) is 17.5 Å². The Morgan fingerprint density at radius 2 is 2.00 bits per heavy atom. The fourth-order valence-electron chi connectivity index (χ4n) is 2.55. The molecule has 0 unspecified atom stereocenters. The molecule has 0 bridgehead atoms. The summed E-state index contributed by atoms with van der Waals surface area (Å²) in [5.41, 5.74) is 0.948. The molecule has 1 aliphatic rings. The van der Waals surface area contributed by atoms with Crippen molar-refractivity contribution in [3.8, 4) is 0 Å². The largest absolute Gasteiger partial charge is 0.481 e. The Morgan fingerprint density at radius 3 is 2.55 bits per heavy atom. The van der Waals surface area contributed by atoms with E-state index in [1.165, 1.54) is 11.3 Å². The van der Waals surface area contributed by atoms with Crippen LogP contribution < -0.4 is 5.32 Å². The molecule has 0 saturated heterocycles. The molecule has 0 radical (unpaired) electrons. The number of aromatic nitrogens is 1. The van der Waals surface area contributed by atoms with E-state index in [-0.39, 0.29) is 5.91 Å². The summed E-state index contributed by atoms with van der Waals surface area (Å²) in [6, 6.07) is 0. The van der Waals surface area contributed by atoms with E-state index in [1.54, 1.807) is 0 Å². The lowest BCUT2D eigenvalue weighted by Crippen LogP contribution is -2.36. The number of carbonyl (C=O) groups is 2. The van der Waals surface area contributed by atoms with Crippen molar-refractivity contribution in [2.75, 3.05) is 5.32 Å². The Kier molecular flexibility index (Phi) is 4.75. The number of hydrogen-bond acceptors (Lipinski definition) is 4. The molecule has 0 spiro atoms. The molecule has 1 amide bonds. The zero-order chi connectivity index (χ0) is 14.7. The summed E-state index contributed by atoms with van der Waals surface area (Å²) in [4.78, 5) is 27.8. The van der Waals surface area contributed by atoms with E-state index in [4.69, 9.17) is 0 Å². The van der Waals surface area contributed by atoms with Crippen molar-refractivity contribution < 1.29 is 14.7 Å². The molecule has 1 heterocycles. The normalized spacial score (nSPS) is 22.8. The minimum Gasteiger partial charge on any atom is -0.481 e. The summed E-state index contributed by atoms with van der Waals surface area (Å²) in [6.07, 6.45) is 3.03. The Hall–Kier alpha value is -1.43. The van der Waals surface area contributed by atoms with Crippen molar-refractivity contribution >= 4 is 28.3 Å². The van der Waals surface area contributed by atoms with E-state index in [9.17, 15) is 14.7 Å². The third-order valence-electron chi connectivity index (χ3n) is 3.76. The lowest BCUT2D eigenvalue weighted by molar-refractivity contribution is -0.147. The maximum Gasteiger partial charge on any atom is 0.307 e. The van der Waals surface area contributed by atoms with E-state index < -0.39 is 17.8 Å². The smallest absolute Gasteiger partial charge is 0.307 e. The fraction of sp³-hybridized carbons (Fsp3) is 0.643. The van der Waals surface area contributed by atoms with Crippen molar-refractivity contribution in [1.82, 2.24) is 4.98 Å². The van der Waals surface area contributed by atoms with Gasteiger partial charge in [0, 0.05) is 5.38 Å². The first-order valence-corrected chi connectivity index (χ1v) is 7.86. The van der Waals surface area contributed by atoms with Crippen LogP contribution in [0, 0.1) is 11.8 Å². The van der Waals surface area contributed by atoms with Gasteiger partial charge in [-0.25, -0.2) is 4.98 Å². The second-order valence-electron chi connectivity index (χ2n) is 5.56. The van der Waals surface area contributed by atoms with Crippen molar-refractivity contribution in [2.45, 2.75) is 45.4 Å². The van der Waals surface area contributed by atoms with Crippen LogP contribution in [0.1, 0.15) is 51.1 Å². The average Bonchev–Trinajstić information content (AvgIpc) is 2.87. The second-order valence-corrected chi connectivity index (χ2v) is 6.42. The van der Waals surface area contributed by atoms with Crippen molar-refractivity contribution in [1.29, 1.82) is 0 Å². The summed E-state index contributed by atoms with van der Waals surface area (Å²) >= 11 is 1.39. The molecule has 1 aromatic heterocycles. The van der Waals surface area contributed by atoms with Gasteiger partial charge in [0.15, 0.2) is 5.13 Å². The Labute approximate surface area is 122 Å². The predicted octanol–water partition coefficient (Wildman–Crippen LogP) is 3.10. The lowest BCUT2D eigenvalue weighted by Gasteiger charge is -2.26. The van der Waals surface area contributed by atoms with Crippen LogP contribution in [0.4, 0.5) is 5.13 Å². The molecule has 2 N–H and O–H groups in total. The number of anilines is 1. The zero-order valence-corrected chi connectivity index (χ0v) is 12.6. The van der Waals surface area contributed by atoms with E-state index >= 15 is 0 Å². The number of rotatable bonds is 4. The Bertz CT molecular complexity index is 498. The van der Waals surface area contributed by atoms with Crippen molar-refractivity contribution in [2.24, 2.45) is 11.8 Å². The number of aliphatic carboxylic acids is 1. The Balaban J connectivity index is 2.04. The molecule has 0 aromatic carbocycles. The van der Waals surface area contributed by atoms with Gasteiger partial charge < -0.3 is 10.4 Å². The quantitative estimate of drug-likeness (QED) is 0.894. The number of carboxylic acids is 1. The SMILES string of the molecule is CC(C)c1csc(NC(=O)[C@@H]2CCCC[C@@H]2C(=O)O)n1. The van der Waals surface area contributed by atoms with Gasteiger partial charge in [-0.1, -0.05) is 26.7 Å². The fourth-order valence-corrected chi connectivity index (χ4v) is 3.42. The van der Waals surface area contributed by atoms with Gasteiger partial charge in [-0.2, -0.15) is 0 Å². The zero-order valence-electron chi connectivity index (χ0n) is 11.8. The number of hydrogen-bond donors (Lipinski definition) is 2. The van der Waals surface area contributed by atoms with Gasteiger partial charge in [-0.3, -0.25) is 9.59 Å². The maximum absolute atomic E-state index is 12.3.